The molecule has 1 atom stereocenters. The molecule has 4 N–H and O–H groups in total. The Morgan fingerprint density at radius 3 is 2.22 bits per heavy atom. The maximum Gasteiger partial charge on any atom is 0.341 e. The van der Waals surface area contributed by atoms with E-state index in [0.29, 0.717) is 23.6 Å². The molecule has 2 aliphatic rings. The van der Waals surface area contributed by atoms with Crippen molar-refractivity contribution >= 4 is 36.5 Å². The Hall–Kier alpha value is -1.21. The van der Waals surface area contributed by atoms with Gasteiger partial charge >= 0.3 is 5.97 Å². The summed E-state index contributed by atoms with van der Waals surface area (Å²) < 4.78 is 5.19. The van der Waals surface area contributed by atoms with Gasteiger partial charge in [-0.15, -0.1) is 24.8 Å². The van der Waals surface area contributed by atoms with Gasteiger partial charge in [-0.2, -0.15) is 0 Å². The summed E-state index contributed by atoms with van der Waals surface area (Å²) in [6.45, 7) is 3.96. The number of rotatable bonds is 6. The van der Waals surface area contributed by atoms with E-state index >= 15 is 0 Å². The van der Waals surface area contributed by atoms with Crippen molar-refractivity contribution in [1.29, 1.82) is 0 Å². The number of piperidine rings is 2. The van der Waals surface area contributed by atoms with E-state index in [1.807, 2.05) is 24.3 Å². The molecule has 1 aromatic carbocycles. The lowest BCUT2D eigenvalue weighted by Gasteiger charge is -2.39. The van der Waals surface area contributed by atoms with E-state index in [4.69, 9.17) is 15.6 Å². The lowest BCUT2D eigenvalue weighted by molar-refractivity contribution is -0.139. The fraction of sp³-hybridized carbons (Fsp3) is 0.632. The van der Waals surface area contributed by atoms with Crippen LogP contribution in [-0.4, -0.2) is 49.9 Å². The molecular weight excluding hydrogens is 389 g/mol. The SMILES string of the molecule is Cl.Cl.NC(C1CCNCC1)C1CCN(c2ccc(OCC(=O)O)cc2)CC1. The number of hydrogen-bond acceptors (Lipinski definition) is 5. The van der Waals surface area contributed by atoms with Gasteiger partial charge in [0.05, 0.1) is 0 Å². The van der Waals surface area contributed by atoms with E-state index in [2.05, 4.69) is 10.2 Å². The molecule has 2 aliphatic heterocycles. The van der Waals surface area contributed by atoms with Crippen LogP contribution >= 0.6 is 24.8 Å². The Morgan fingerprint density at radius 2 is 1.67 bits per heavy atom. The third kappa shape index (κ3) is 6.71. The van der Waals surface area contributed by atoms with Crippen LogP contribution in [0.25, 0.3) is 0 Å². The molecule has 27 heavy (non-hydrogen) atoms. The van der Waals surface area contributed by atoms with Gasteiger partial charge in [0, 0.05) is 24.8 Å². The minimum absolute atomic E-state index is 0. The number of carboxylic acids is 1. The molecule has 2 saturated heterocycles. The zero-order chi connectivity index (χ0) is 17.6. The molecule has 0 aromatic heterocycles. The molecule has 2 heterocycles. The molecule has 6 nitrogen and oxygen atoms in total. The zero-order valence-corrected chi connectivity index (χ0v) is 17.1. The van der Waals surface area contributed by atoms with Gasteiger partial charge in [0.2, 0.25) is 0 Å². The fourth-order valence-corrected chi connectivity index (χ4v) is 4.05. The number of halogens is 2. The van der Waals surface area contributed by atoms with Gasteiger partial charge in [-0.25, -0.2) is 4.79 Å². The molecule has 0 saturated carbocycles. The van der Waals surface area contributed by atoms with Gasteiger partial charge in [-0.05, 0) is 74.9 Å². The molecule has 154 valence electrons. The Balaban J connectivity index is 0.00000182. The predicted molar refractivity (Wildman–Crippen MR) is 113 cm³/mol. The summed E-state index contributed by atoms with van der Waals surface area (Å²) >= 11 is 0. The van der Waals surface area contributed by atoms with Crippen LogP contribution in [0.15, 0.2) is 24.3 Å². The third-order valence-electron chi connectivity index (χ3n) is 5.58. The highest BCUT2D eigenvalue weighted by Gasteiger charge is 2.30. The average Bonchev–Trinajstić information content (AvgIpc) is 2.67. The molecular formula is C19H31Cl2N3O3. The topological polar surface area (TPSA) is 87.8 Å². The van der Waals surface area contributed by atoms with Crippen molar-refractivity contribution in [1.82, 2.24) is 5.32 Å². The molecule has 0 spiro atoms. The van der Waals surface area contributed by atoms with Gasteiger partial charge in [0.15, 0.2) is 6.61 Å². The van der Waals surface area contributed by atoms with Gasteiger partial charge in [0.1, 0.15) is 5.75 Å². The normalized spacial score (nSPS) is 19.5. The zero-order valence-electron chi connectivity index (χ0n) is 15.5. The summed E-state index contributed by atoms with van der Waals surface area (Å²) in [5.74, 6) is 0.922. The molecule has 8 heteroatoms. The van der Waals surface area contributed by atoms with E-state index in [0.717, 1.165) is 44.7 Å². The lowest BCUT2D eigenvalue weighted by atomic mass is 9.79. The number of aliphatic carboxylic acids is 1. The van der Waals surface area contributed by atoms with Gasteiger partial charge in [-0.3, -0.25) is 0 Å². The highest BCUT2D eigenvalue weighted by atomic mass is 35.5. The van der Waals surface area contributed by atoms with Gasteiger partial charge < -0.3 is 25.8 Å². The number of hydrogen-bond donors (Lipinski definition) is 3. The summed E-state index contributed by atoms with van der Waals surface area (Å²) in [6, 6.07) is 8.01. The molecule has 0 aliphatic carbocycles. The van der Waals surface area contributed by atoms with Crippen molar-refractivity contribution in [3.05, 3.63) is 24.3 Å². The van der Waals surface area contributed by atoms with Crippen LogP contribution in [-0.2, 0) is 4.79 Å². The molecule has 0 radical (unpaired) electrons. The maximum atomic E-state index is 10.5. The summed E-state index contributed by atoms with van der Waals surface area (Å²) in [5.41, 5.74) is 7.74. The van der Waals surface area contributed by atoms with Crippen molar-refractivity contribution in [2.45, 2.75) is 31.7 Å². The lowest BCUT2D eigenvalue weighted by Crippen LogP contribution is -2.47. The number of ether oxygens (including phenoxy) is 1. The van der Waals surface area contributed by atoms with Crippen LogP contribution in [0.4, 0.5) is 5.69 Å². The van der Waals surface area contributed by atoms with E-state index in [1.54, 1.807) is 0 Å². The average molecular weight is 420 g/mol. The number of nitrogens with zero attached hydrogens (tertiary/aromatic N) is 1. The first-order chi connectivity index (χ1) is 12.1. The maximum absolute atomic E-state index is 10.5. The van der Waals surface area contributed by atoms with Crippen LogP contribution in [0, 0.1) is 11.8 Å². The summed E-state index contributed by atoms with van der Waals surface area (Å²) in [6.07, 6.45) is 4.70. The van der Waals surface area contributed by atoms with Crippen LogP contribution < -0.4 is 20.7 Å². The van der Waals surface area contributed by atoms with Gasteiger partial charge in [-0.1, -0.05) is 0 Å². The second-order valence-electron chi connectivity index (χ2n) is 7.17. The van der Waals surface area contributed by atoms with Crippen molar-refractivity contribution in [2.24, 2.45) is 17.6 Å². The highest BCUT2D eigenvalue weighted by molar-refractivity contribution is 5.85. The first-order valence-electron chi connectivity index (χ1n) is 9.29. The fourth-order valence-electron chi connectivity index (χ4n) is 4.05. The molecule has 1 aromatic rings. The van der Waals surface area contributed by atoms with Crippen LogP contribution in [0.3, 0.4) is 0 Å². The number of nitrogens with two attached hydrogens (primary N) is 1. The highest BCUT2D eigenvalue weighted by Crippen LogP contribution is 2.30. The Bertz CT molecular complexity index is 560. The molecule has 2 fully saturated rings. The molecule has 0 bridgehead atoms. The van der Waals surface area contributed by atoms with Crippen molar-refractivity contribution in [3.8, 4) is 5.75 Å². The smallest absolute Gasteiger partial charge is 0.341 e. The first-order valence-corrected chi connectivity index (χ1v) is 9.29. The monoisotopic (exact) mass is 419 g/mol. The van der Waals surface area contributed by atoms with Crippen LogP contribution in [0.5, 0.6) is 5.75 Å². The minimum Gasteiger partial charge on any atom is -0.482 e. The molecule has 0 amide bonds. The Morgan fingerprint density at radius 1 is 1.11 bits per heavy atom. The van der Waals surface area contributed by atoms with Crippen molar-refractivity contribution in [3.63, 3.8) is 0 Å². The number of nitrogens with one attached hydrogen (secondary N) is 1. The van der Waals surface area contributed by atoms with Crippen molar-refractivity contribution in [2.75, 3.05) is 37.7 Å². The number of benzene rings is 1. The quantitative estimate of drug-likeness (QED) is 0.656. The molecule has 3 rings (SSSR count). The number of anilines is 1. The Labute approximate surface area is 173 Å². The van der Waals surface area contributed by atoms with E-state index in [9.17, 15) is 4.79 Å². The largest absolute Gasteiger partial charge is 0.482 e. The van der Waals surface area contributed by atoms with Gasteiger partial charge in [0.25, 0.3) is 0 Å². The standard InChI is InChI=1S/C19H29N3O3.2ClH/c20-19(14-5-9-21-10-6-14)15-7-11-22(12-8-15)16-1-3-17(4-2-16)25-13-18(23)24;;/h1-4,14-15,19,21H,5-13,20H2,(H,23,24);2*1H. The predicted octanol–water partition coefficient (Wildman–Crippen LogP) is 2.54. The Kier molecular flexibility index (Phi) is 10.2. The minimum atomic E-state index is -0.962. The second kappa shape index (κ2) is 11.6. The first kappa shape index (κ1) is 23.8. The van der Waals surface area contributed by atoms with E-state index < -0.39 is 5.97 Å². The second-order valence-corrected chi connectivity index (χ2v) is 7.17. The van der Waals surface area contributed by atoms with Crippen LogP contribution in [0.2, 0.25) is 0 Å². The molecule has 1 unspecified atom stereocenters. The van der Waals surface area contributed by atoms with E-state index in [-0.39, 0.29) is 31.4 Å². The summed E-state index contributed by atoms with van der Waals surface area (Å²) in [7, 11) is 0. The summed E-state index contributed by atoms with van der Waals surface area (Å²) in [4.78, 5) is 12.9. The van der Waals surface area contributed by atoms with Crippen molar-refractivity contribution < 1.29 is 14.6 Å². The number of carboxylic acid groups (broad SMARTS) is 1. The summed E-state index contributed by atoms with van der Waals surface area (Å²) in [5, 5.41) is 12.1. The number of carbonyl (C=O) groups is 1. The third-order valence-corrected chi connectivity index (χ3v) is 5.58. The van der Waals surface area contributed by atoms with Crippen LogP contribution in [0.1, 0.15) is 25.7 Å². The van der Waals surface area contributed by atoms with E-state index in [1.165, 1.54) is 12.8 Å².